The van der Waals surface area contributed by atoms with E-state index in [2.05, 4.69) is 24.6 Å². The van der Waals surface area contributed by atoms with Crippen LogP contribution in [0, 0.1) is 0 Å². The lowest BCUT2D eigenvalue weighted by Gasteiger charge is -2.17. The van der Waals surface area contributed by atoms with Crippen LogP contribution in [0.5, 0.6) is 0 Å². The highest BCUT2D eigenvalue weighted by atomic mass is 32.2. The highest BCUT2D eigenvalue weighted by Crippen LogP contribution is 2.42. The summed E-state index contributed by atoms with van der Waals surface area (Å²) < 4.78 is 40.5. The third-order valence-electron chi connectivity index (χ3n) is 5.31. The summed E-state index contributed by atoms with van der Waals surface area (Å²) in [6, 6.07) is 5.65. The van der Waals surface area contributed by atoms with Gasteiger partial charge in [0.05, 0.1) is 11.3 Å². The molecular weight excluding hydrogens is 431 g/mol. The van der Waals surface area contributed by atoms with Gasteiger partial charge >= 0.3 is 6.18 Å². The Morgan fingerprint density at radius 1 is 1.07 bits per heavy atom. The van der Waals surface area contributed by atoms with E-state index in [1.807, 2.05) is 5.38 Å². The van der Waals surface area contributed by atoms with Crippen LogP contribution in [0.2, 0.25) is 0 Å². The van der Waals surface area contributed by atoms with E-state index < -0.39 is 11.7 Å². The minimum atomic E-state index is -4.32. The minimum Gasteiger partial charge on any atom is -0.341 e. The zero-order chi connectivity index (χ0) is 20.7. The molecule has 2 aliphatic rings. The predicted octanol–water partition coefficient (Wildman–Crippen LogP) is 5.65. The molecule has 30 heavy (non-hydrogen) atoms. The van der Waals surface area contributed by atoms with Gasteiger partial charge in [0, 0.05) is 35.8 Å². The monoisotopic (exact) mass is 451 g/mol. The molecule has 0 spiro atoms. The summed E-state index contributed by atoms with van der Waals surface area (Å²) in [5.41, 5.74) is 0.946. The van der Waals surface area contributed by atoms with Crippen molar-refractivity contribution in [3.8, 4) is 10.6 Å². The lowest BCUT2D eigenvalue weighted by molar-refractivity contribution is -0.137. The van der Waals surface area contributed by atoms with Gasteiger partial charge in [0.1, 0.15) is 5.01 Å². The average molecular weight is 452 g/mol. The lowest BCUT2D eigenvalue weighted by Crippen LogP contribution is -2.22. The highest BCUT2D eigenvalue weighted by Gasteiger charge is 2.32. The third kappa shape index (κ3) is 4.07. The Labute approximate surface area is 180 Å². The van der Waals surface area contributed by atoms with E-state index in [0.717, 1.165) is 47.0 Å². The molecule has 10 heteroatoms. The number of halogens is 3. The van der Waals surface area contributed by atoms with Gasteiger partial charge in [0.15, 0.2) is 5.16 Å². The molecule has 1 aliphatic carbocycles. The van der Waals surface area contributed by atoms with Crippen LogP contribution in [0.25, 0.3) is 10.6 Å². The van der Waals surface area contributed by atoms with Crippen LogP contribution >= 0.6 is 23.1 Å². The van der Waals surface area contributed by atoms with E-state index in [-0.39, 0.29) is 0 Å². The largest absolute Gasteiger partial charge is 0.416 e. The molecule has 0 N–H and O–H groups in total. The maximum Gasteiger partial charge on any atom is 0.416 e. The third-order valence-corrected chi connectivity index (χ3v) is 7.22. The van der Waals surface area contributed by atoms with Crippen molar-refractivity contribution < 1.29 is 13.2 Å². The molecule has 2 fully saturated rings. The maximum atomic E-state index is 12.8. The molecule has 5 rings (SSSR count). The number of rotatable bonds is 6. The van der Waals surface area contributed by atoms with E-state index >= 15 is 0 Å². The molecular formula is C20H20F3N5S2. The fraction of sp³-hybridized carbons (Fsp3) is 0.450. The molecule has 0 radical (unpaired) electrons. The number of hydrogen-bond donors (Lipinski definition) is 0. The van der Waals surface area contributed by atoms with Gasteiger partial charge in [0.2, 0.25) is 5.95 Å². The van der Waals surface area contributed by atoms with Crippen LogP contribution in [0.4, 0.5) is 19.1 Å². The first-order valence-electron chi connectivity index (χ1n) is 9.94. The van der Waals surface area contributed by atoms with Crippen molar-refractivity contribution in [3.05, 3.63) is 40.9 Å². The van der Waals surface area contributed by atoms with Crippen molar-refractivity contribution in [2.75, 3.05) is 18.0 Å². The smallest absolute Gasteiger partial charge is 0.341 e. The molecule has 3 heterocycles. The molecule has 158 valence electrons. The zero-order valence-electron chi connectivity index (χ0n) is 16.1. The molecule has 1 saturated carbocycles. The van der Waals surface area contributed by atoms with Crippen LogP contribution in [0.1, 0.15) is 43.0 Å². The number of nitrogens with zero attached hydrogens (tertiary/aromatic N) is 5. The molecule has 0 amide bonds. The van der Waals surface area contributed by atoms with Crippen molar-refractivity contribution in [3.63, 3.8) is 0 Å². The fourth-order valence-corrected chi connectivity index (χ4v) is 5.42. The quantitative estimate of drug-likeness (QED) is 0.454. The first-order chi connectivity index (χ1) is 14.5. The van der Waals surface area contributed by atoms with E-state index in [0.29, 0.717) is 17.4 Å². The molecule has 1 aliphatic heterocycles. The topological polar surface area (TPSA) is 46.8 Å². The highest BCUT2D eigenvalue weighted by molar-refractivity contribution is 7.98. The van der Waals surface area contributed by atoms with Gasteiger partial charge in [-0.2, -0.15) is 13.2 Å². The van der Waals surface area contributed by atoms with Gasteiger partial charge < -0.3 is 4.90 Å². The Bertz CT molecular complexity index is 1020. The summed E-state index contributed by atoms with van der Waals surface area (Å²) in [6.07, 6.45) is 0.411. The van der Waals surface area contributed by atoms with E-state index in [1.165, 1.54) is 49.2 Å². The number of benzene rings is 1. The first-order valence-corrected chi connectivity index (χ1v) is 11.8. The minimum absolute atomic E-state index is 0.497. The molecule has 0 bridgehead atoms. The molecule has 1 aromatic carbocycles. The zero-order valence-corrected chi connectivity index (χ0v) is 17.7. The second-order valence-corrected chi connectivity index (χ2v) is 9.39. The van der Waals surface area contributed by atoms with Gasteiger partial charge in [-0.05, 0) is 37.8 Å². The van der Waals surface area contributed by atoms with Gasteiger partial charge in [-0.1, -0.05) is 23.9 Å². The number of thiazole rings is 1. The number of aromatic nitrogens is 4. The molecule has 3 aromatic rings. The molecule has 1 saturated heterocycles. The second-order valence-electron chi connectivity index (χ2n) is 7.59. The van der Waals surface area contributed by atoms with Gasteiger partial charge in [0.25, 0.3) is 0 Å². The Balaban J connectivity index is 1.28. The Kier molecular flexibility index (Phi) is 5.22. The van der Waals surface area contributed by atoms with Crippen LogP contribution in [0.3, 0.4) is 0 Å². The lowest BCUT2D eigenvalue weighted by atomic mass is 10.1. The summed E-state index contributed by atoms with van der Waals surface area (Å²) in [5, 5.41) is 12.5. The normalized spacial score (nSPS) is 17.1. The summed E-state index contributed by atoms with van der Waals surface area (Å²) in [7, 11) is 0. The molecule has 0 unspecified atom stereocenters. The summed E-state index contributed by atoms with van der Waals surface area (Å²) in [5.74, 6) is 1.64. The SMILES string of the molecule is FC(F)(F)c1ccc(-c2nc(CSc3nnc(N4CCCC4)n3C3CC3)cs2)cc1. The van der Waals surface area contributed by atoms with Crippen molar-refractivity contribution in [1.82, 2.24) is 19.7 Å². The van der Waals surface area contributed by atoms with Crippen LogP contribution in [-0.4, -0.2) is 32.8 Å². The van der Waals surface area contributed by atoms with Crippen LogP contribution in [-0.2, 0) is 11.9 Å². The van der Waals surface area contributed by atoms with Gasteiger partial charge in [-0.3, -0.25) is 4.57 Å². The Morgan fingerprint density at radius 3 is 2.47 bits per heavy atom. The van der Waals surface area contributed by atoms with E-state index in [9.17, 15) is 13.2 Å². The van der Waals surface area contributed by atoms with Crippen molar-refractivity contribution in [1.29, 1.82) is 0 Å². The van der Waals surface area contributed by atoms with Gasteiger partial charge in [-0.25, -0.2) is 4.98 Å². The van der Waals surface area contributed by atoms with Crippen molar-refractivity contribution in [2.24, 2.45) is 0 Å². The number of alkyl halides is 3. The van der Waals surface area contributed by atoms with E-state index in [1.54, 1.807) is 11.8 Å². The molecule has 2 aromatic heterocycles. The molecule has 0 atom stereocenters. The second kappa shape index (κ2) is 7.88. The summed E-state index contributed by atoms with van der Waals surface area (Å²) in [6.45, 7) is 2.08. The number of anilines is 1. The summed E-state index contributed by atoms with van der Waals surface area (Å²) in [4.78, 5) is 6.93. The van der Waals surface area contributed by atoms with Crippen LogP contribution < -0.4 is 4.90 Å². The average Bonchev–Trinajstić information content (AvgIpc) is 3.15. The van der Waals surface area contributed by atoms with E-state index in [4.69, 9.17) is 0 Å². The first kappa shape index (κ1) is 19.9. The predicted molar refractivity (Wildman–Crippen MR) is 112 cm³/mol. The van der Waals surface area contributed by atoms with Crippen molar-refractivity contribution in [2.45, 2.75) is 48.8 Å². The Hall–Kier alpha value is -2.07. The maximum absolute atomic E-state index is 12.8. The molecule has 5 nitrogen and oxygen atoms in total. The standard InChI is InChI=1S/C20H20F3N5S2/c21-20(22,23)14-5-3-13(4-6-14)17-24-15(11-29-17)12-30-19-26-25-18(27-9-1-2-10-27)28(19)16-7-8-16/h3-6,11,16H,1-2,7-10,12H2. The van der Waals surface area contributed by atoms with Crippen LogP contribution in [0.15, 0.2) is 34.8 Å². The Morgan fingerprint density at radius 2 is 1.80 bits per heavy atom. The van der Waals surface area contributed by atoms with Crippen molar-refractivity contribution >= 4 is 29.0 Å². The fourth-order valence-electron chi connectivity index (χ4n) is 3.60. The summed E-state index contributed by atoms with van der Waals surface area (Å²) >= 11 is 3.06. The van der Waals surface area contributed by atoms with Gasteiger partial charge in [-0.15, -0.1) is 21.5 Å². The number of thioether (sulfide) groups is 1. The number of hydrogen-bond acceptors (Lipinski definition) is 6.